The summed E-state index contributed by atoms with van der Waals surface area (Å²) in [4.78, 5) is 0. The highest BCUT2D eigenvalue weighted by molar-refractivity contribution is 6.74. The molecule has 134 valence electrons. The summed E-state index contributed by atoms with van der Waals surface area (Å²) in [6, 6.07) is 2.20. The highest BCUT2D eigenvalue weighted by atomic mass is 28.4. The lowest BCUT2D eigenvalue weighted by Crippen LogP contribution is -2.56. The van der Waals surface area contributed by atoms with E-state index in [1.54, 1.807) is 0 Å². The molecule has 1 fully saturated rings. The molecule has 1 N–H and O–H groups in total. The number of aliphatic hydroxyl groups is 1. The summed E-state index contributed by atoms with van der Waals surface area (Å²) in [5.41, 5.74) is 0. The van der Waals surface area contributed by atoms with E-state index in [0.29, 0.717) is 6.61 Å². The lowest BCUT2D eigenvalue weighted by molar-refractivity contribution is -0.156. The smallest absolute Gasteiger partial charge is 0.192 e. The molecule has 5 nitrogen and oxygen atoms in total. The average molecular weight is 360 g/mol. The molecule has 0 saturated carbocycles. The van der Waals surface area contributed by atoms with Crippen LogP contribution in [0.25, 0.3) is 0 Å². The van der Waals surface area contributed by atoms with Crippen LogP contribution in [-0.2, 0) is 13.6 Å². The van der Waals surface area contributed by atoms with Crippen LogP contribution in [0.2, 0.25) is 37.8 Å². The Labute approximate surface area is 143 Å². The van der Waals surface area contributed by atoms with E-state index in [1.807, 2.05) is 0 Å². The zero-order chi connectivity index (χ0) is 18.1. The van der Waals surface area contributed by atoms with E-state index in [4.69, 9.17) is 13.6 Å². The number of ether oxygens (including phenoxy) is 1. The third-order valence-corrected chi connectivity index (χ3v) is 10.2. The van der Waals surface area contributed by atoms with Crippen molar-refractivity contribution in [3.8, 4) is 6.07 Å². The van der Waals surface area contributed by atoms with E-state index >= 15 is 0 Å². The first-order valence-corrected chi connectivity index (χ1v) is 14.6. The van der Waals surface area contributed by atoms with Gasteiger partial charge in [-0.15, -0.1) is 0 Å². The topological polar surface area (TPSA) is 71.7 Å². The van der Waals surface area contributed by atoms with Crippen molar-refractivity contribution in [1.29, 1.82) is 5.26 Å². The Morgan fingerprint density at radius 1 is 1.22 bits per heavy atom. The quantitative estimate of drug-likeness (QED) is 0.764. The molecule has 0 aromatic carbocycles. The van der Waals surface area contributed by atoms with Gasteiger partial charge in [-0.05, 0) is 37.8 Å². The van der Waals surface area contributed by atoms with Gasteiger partial charge in [0.1, 0.15) is 12.2 Å². The molecule has 0 bridgehead atoms. The molecule has 0 radical (unpaired) electrons. The normalized spacial score (nSPS) is 30.1. The van der Waals surface area contributed by atoms with Crippen LogP contribution >= 0.6 is 0 Å². The van der Waals surface area contributed by atoms with Gasteiger partial charge >= 0.3 is 0 Å². The van der Waals surface area contributed by atoms with Gasteiger partial charge in [-0.3, -0.25) is 0 Å². The first-order valence-electron chi connectivity index (χ1n) is 8.29. The molecule has 0 aromatic heterocycles. The molecule has 7 heteroatoms. The molecule has 1 rings (SSSR count). The number of rotatable bonds is 5. The summed E-state index contributed by atoms with van der Waals surface area (Å²) in [5, 5.41) is 20.1. The van der Waals surface area contributed by atoms with Crippen molar-refractivity contribution in [2.75, 3.05) is 13.2 Å². The minimum atomic E-state index is -1.90. The van der Waals surface area contributed by atoms with Gasteiger partial charge in [-0.1, -0.05) is 20.8 Å². The summed E-state index contributed by atoms with van der Waals surface area (Å²) in [6.07, 6.45) is -1.76. The zero-order valence-corrected chi connectivity index (χ0v) is 17.8. The van der Waals surface area contributed by atoms with Crippen LogP contribution in [-0.4, -0.2) is 53.3 Å². The van der Waals surface area contributed by atoms with Crippen molar-refractivity contribution in [1.82, 2.24) is 0 Å². The second-order valence-electron chi connectivity index (χ2n) is 8.86. The number of nitrogens with zero attached hydrogens (tertiary/aromatic N) is 1. The predicted octanol–water partition coefficient (Wildman–Crippen LogP) is 3.13. The van der Waals surface area contributed by atoms with E-state index in [9.17, 15) is 10.4 Å². The van der Waals surface area contributed by atoms with Gasteiger partial charge in [0.2, 0.25) is 0 Å². The second kappa shape index (κ2) is 7.34. The minimum Gasteiger partial charge on any atom is -0.414 e. The van der Waals surface area contributed by atoms with Crippen LogP contribution in [0.15, 0.2) is 0 Å². The van der Waals surface area contributed by atoms with E-state index in [1.165, 1.54) is 0 Å². The van der Waals surface area contributed by atoms with Gasteiger partial charge in [0, 0.05) is 0 Å². The first-order chi connectivity index (χ1) is 10.3. The van der Waals surface area contributed by atoms with Crippen molar-refractivity contribution < 1.29 is 18.7 Å². The van der Waals surface area contributed by atoms with Gasteiger partial charge in [0.25, 0.3) is 0 Å². The van der Waals surface area contributed by atoms with Crippen molar-refractivity contribution in [2.24, 2.45) is 5.92 Å². The molecule has 4 atom stereocenters. The molecule has 23 heavy (non-hydrogen) atoms. The SMILES string of the molecule is CC(C)(C)[Si](C)(C)OCC1OCC(C#N)C(O[Si](C)(C)C)C1O. The Hall–Kier alpha value is -0.236. The Morgan fingerprint density at radius 3 is 2.22 bits per heavy atom. The van der Waals surface area contributed by atoms with Gasteiger partial charge in [0.05, 0.1) is 31.3 Å². The maximum absolute atomic E-state index is 10.6. The van der Waals surface area contributed by atoms with E-state index in [-0.39, 0.29) is 11.6 Å². The van der Waals surface area contributed by atoms with E-state index < -0.39 is 40.9 Å². The highest BCUT2D eigenvalue weighted by Gasteiger charge is 2.44. The van der Waals surface area contributed by atoms with Crippen LogP contribution in [0.5, 0.6) is 0 Å². The monoisotopic (exact) mass is 359 g/mol. The fraction of sp³-hybridized carbons (Fsp3) is 0.938. The van der Waals surface area contributed by atoms with E-state index in [2.05, 4.69) is 59.6 Å². The van der Waals surface area contributed by atoms with Gasteiger partial charge in [-0.2, -0.15) is 5.26 Å². The Bertz CT molecular complexity index is 437. The molecule has 1 saturated heterocycles. The molecule has 0 amide bonds. The number of nitriles is 1. The largest absolute Gasteiger partial charge is 0.414 e. The third-order valence-electron chi connectivity index (χ3n) is 4.67. The average Bonchev–Trinajstić information content (AvgIpc) is 2.37. The first kappa shape index (κ1) is 20.8. The van der Waals surface area contributed by atoms with Crippen LogP contribution in [0.4, 0.5) is 0 Å². The van der Waals surface area contributed by atoms with Crippen molar-refractivity contribution in [3.05, 3.63) is 0 Å². The Morgan fingerprint density at radius 2 is 1.78 bits per heavy atom. The fourth-order valence-corrected chi connectivity index (χ4v) is 4.33. The molecule has 4 unspecified atom stereocenters. The van der Waals surface area contributed by atoms with Gasteiger partial charge in [-0.25, -0.2) is 0 Å². The standard InChI is InChI=1S/C16H33NO4Si2/c1-16(2,3)23(7,8)20-11-13-14(18)15(21-22(4,5)6)12(9-17)10-19-13/h12-15,18H,10-11H2,1-8H3. The summed E-state index contributed by atoms with van der Waals surface area (Å²) >= 11 is 0. The molecule has 0 aliphatic carbocycles. The third kappa shape index (κ3) is 5.66. The van der Waals surface area contributed by atoms with Gasteiger partial charge in [0.15, 0.2) is 16.6 Å². The maximum atomic E-state index is 10.6. The minimum absolute atomic E-state index is 0.107. The van der Waals surface area contributed by atoms with Crippen molar-refractivity contribution >= 4 is 16.6 Å². The van der Waals surface area contributed by atoms with Crippen molar-refractivity contribution in [3.63, 3.8) is 0 Å². The fourth-order valence-electron chi connectivity index (χ4n) is 2.19. The number of aliphatic hydroxyl groups excluding tert-OH is 1. The summed E-state index contributed by atoms with van der Waals surface area (Å²) in [7, 11) is -3.76. The molecule has 0 spiro atoms. The van der Waals surface area contributed by atoms with E-state index in [0.717, 1.165) is 0 Å². The zero-order valence-electron chi connectivity index (χ0n) is 15.8. The number of hydrogen-bond acceptors (Lipinski definition) is 5. The lowest BCUT2D eigenvalue weighted by atomic mass is 9.94. The molecular weight excluding hydrogens is 326 g/mol. The Kier molecular flexibility index (Phi) is 6.64. The Balaban J connectivity index is 2.77. The molecule has 1 aliphatic rings. The van der Waals surface area contributed by atoms with Crippen LogP contribution < -0.4 is 0 Å². The predicted molar refractivity (Wildman–Crippen MR) is 96.2 cm³/mol. The van der Waals surface area contributed by atoms with Gasteiger partial charge < -0.3 is 18.7 Å². The summed E-state index contributed by atoms with van der Waals surface area (Å²) in [6.45, 7) is 17.7. The lowest BCUT2D eigenvalue weighted by Gasteiger charge is -2.42. The molecule has 0 aromatic rings. The summed E-state index contributed by atoms with van der Waals surface area (Å²) < 4.78 is 18.0. The summed E-state index contributed by atoms with van der Waals surface area (Å²) in [5.74, 6) is -0.430. The van der Waals surface area contributed by atoms with Crippen LogP contribution in [0.1, 0.15) is 20.8 Å². The van der Waals surface area contributed by atoms with Crippen LogP contribution in [0, 0.1) is 17.2 Å². The number of hydrogen-bond donors (Lipinski definition) is 1. The highest BCUT2D eigenvalue weighted by Crippen LogP contribution is 2.37. The molecule has 1 aliphatic heterocycles. The maximum Gasteiger partial charge on any atom is 0.192 e. The molecule has 1 heterocycles. The van der Waals surface area contributed by atoms with Crippen molar-refractivity contribution in [2.45, 2.75) is 76.9 Å². The molecular formula is C16H33NO4Si2. The van der Waals surface area contributed by atoms with Crippen LogP contribution in [0.3, 0.4) is 0 Å². The second-order valence-corrected chi connectivity index (χ2v) is 18.1.